The SMILES string of the molecule is c1cc(-c2cccc3ccccc23)cc(N(c2cccc(-c3cccc4c3oc3ccccc34)c2)c2cccc3oc4ccccc4c23)c1. The van der Waals surface area contributed by atoms with Crippen LogP contribution in [0, 0.1) is 0 Å². The molecule has 0 aliphatic heterocycles. The van der Waals surface area contributed by atoms with E-state index < -0.39 is 0 Å². The first-order valence-corrected chi connectivity index (χ1v) is 16.6. The van der Waals surface area contributed by atoms with E-state index in [9.17, 15) is 0 Å². The molecular weight excluding hydrogens is 599 g/mol. The summed E-state index contributed by atoms with van der Waals surface area (Å²) in [4.78, 5) is 2.36. The second-order valence-corrected chi connectivity index (χ2v) is 12.5. The van der Waals surface area contributed by atoms with Crippen LogP contribution in [0.15, 0.2) is 185 Å². The van der Waals surface area contributed by atoms with Gasteiger partial charge in [0.15, 0.2) is 0 Å². The van der Waals surface area contributed by atoms with Crippen molar-refractivity contribution in [2.24, 2.45) is 0 Å². The maximum atomic E-state index is 6.48. The third-order valence-corrected chi connectivity index (χ3v) is 9.65. The molecule has 49 heavy (non-hydrogen) atoms. The molecule has 0 aliphatic carbocycles. The standard InChI is InChI=1S/C46H29NO2/c1-2-18-35-30(12-1)13-9-21-36(35)31-14-7-16-33(28-31)47(41-24-11-27-44-45(41)40-20-4-6-26-43(40)48-44)34-17-8-15-32(29-34)37-22-10-23-39-38-19-3-5-25-42(38)49-46(37)39/h1-29H. The number of nitrogens with zero attached hydrogens (tertiary/aromatic N) is 1. The van der Waals surface area contributed by atoms with Crippen LogP contribution in [-0.2, 0) is 0 Å². The monoisotopic (exact) mass is 627 g/mol. The van der Waals surface area contributed by atoms with E-state index in [4.69, 9.17) is 8.83 Å². The summed E-state index contributed by atoms with van der Waals surface area (Å²) in [6.45, 7) is 0. The molecule has 230 valence electrons. The minimum absolute atomic E-state index is 0.858. The molecule has 3 nitrogen and oxygen atoms in total. The van der Waals surface area contributed by atoms with Gasteiger partial charge in [0.1, 0.15) is 22.3 Å². The fraction of sp³-hybridized carbons (Fsp3) is 0. The molecule has 0 atom stereocenters. The first-order valence-electron chi connectivity index (χ1n) is 16.6. The van der Waals surface area contributed by atoms with Gasteiger partial charge in [0, 0.05) is 33.1 Å². The van der Waals surface area contributed by atoms with Gasteiger partial charge in [-0.25, -0.2) is 0 Å². The molecule has 8 aromatic carbocycles. The highest BCUT2D eigenvalue weighted by atomic mass is 16.3. The lowest BCUT2D eigenvalue weighted by molar-refractivity contribution is 0.669. The lowest BCUT2D eigenvalue weighted by Crippen LogP contribution is -2.10. The van der Waals surface area contributed by atoms with Crippen LogP contribution in [-0.4, -0.2) is 0 Å². The van der Waals surface area contributed by atoms with Gasteiger partial charge in [-0.15, -0.1) is 0 Å². The van der Waals surface area contributed by atoms with Crippen LogP contribution >= 0.6 is 0 Å². The van der Waals surface area contributed by atoms with Crippen molar-refractivity contribution >= 4 is 71.7 Å². The average molecular weight is 628 g/mol. The van der Waals surface area contributed by atoms with Gasteiger partial charge >= 0.3 is 0 Å². The number of anilines is 3. The van der Waals surface area contributed by atoms with Crippen LogP contribution in [0.4, 0.5) is 17.1 Å². The molecule has 0 aliphatic rings. The molecule has 0 saturated carbocycles. The van der Waals surface area contributed by atoms with Crippen molar-refractivity contribution in [2.45, 2.75) is 0 Å². The molecule has 0 N–H and O–H groups in total. The van der Waals surface area contributed by atoms with Gasteiger partial charge in [0.05, 0.1) is 11.1 Å². The third kappa shape index (κ3) is 4.44. The first-order chi connectivity index (χ1) is 24.3. The number of hydrogen-bond acceptors (Lipinski definition) is 3. The van der Waals surface area contributed by atoms with Crippen molar-refractivity contribution in [3.8, 4) is 22.3 Å². The number of hydrogen-bond donors (Lipinski definition) is 0. The van der Waals surface area contributed by atoms with Crippen LogP contribution in [0.1, 0.15) is 0 Å². The Kier molecular flexibility index (Phi) is 6.18. The van der Waals surface area contributed by atoms with Crippen LogP contribution < -0.4 is 4.90 Å². The lowest BCUT2D eigenvalue weighted by Gasteiger charge is -2.27. The van der Waals surface area contributed by atoms with Crippen LogP contribution in [0.5, 0.6) is 0 Å². The van der Waals surface area contributed by atoms with Gasteiger partial charge in [0.25, 0.3) is 0 Å². The quantitative estimate of drug-likeness (QED) is 0.190. The molecule has 0 bridgehead atoms. The Hall–Kier alpha value is -6.58. The number of rotatable bonds is 5. The average Bonchev–Trinajstić information content (AvgIpc) is 3.74. The van der Waals surface area contributed by atoms with E-state index in [0.717, 1.165) is 77.6 Å². The van der Waals surface area contributed by atoms with Gasteiger partial charge in [-0.3, -0.25) is 0 Å². The van der Waals surface area contributed by atoms with E-state index in [2.05, 4.69) is 157 Å². The summed E-state index contributed by atoms with van der Waals surface area (Å²) in [7, 11) is 0. The van der Waals surface area contributed by atoms with Gasteiger partial charge < -0.3 is 13.7 Å². The fourth-order valence-electron chi connectivity index (χ4n) is 7.45. The van der Waals surface area contributed by atoms with Crippen molar-refractivity contribution in [3.05, 3.63) is 176 Å². The summed E-state index contributed by atoms with van der Waals surface area (Å²) in [5.41, 5.74) is 11.2. The summed E-state index contributed by atoms with van der Waals surface area (Å²) in [5.74, 6) is 0. The minimum atomic E-state index is 0.858. The normalized spacial score (nSPS) is 11.7. The minimum Gasteiger partial charge on any atom is -0.456 e. The Morgan fingerprint density at radius 3 is 1.73 bits per heavy atom. The van der Waals surface area contributed by atoms with Crippen LogP contribution in [0.2, 0.25) is 0 Å². The topological polar surface area (TPSA) is 29.5 Å². The second kappa shape index (κ2) is 11.0. The Labute approximate surface area is 282 Å². The molecule has 3 heteroatoms. The number of fused-ring (bicyclic) bond motifs is 7. The Morgan fingerprint density at radius 2 is 0.918 bits per heavy atom. The maximum absolute atomic E-state index is 6.48. The molecule has 0 fully saturated rings. The van der Waals surface area contributed by atoms with Gasteiger partial charge in [-0.05, 0) is 76.0 Å². The van der Waals surface area contributed by atoms with Crippen molar-refractivity contribution < 1.29 is 8.83 Å². The van der Waals surface area contributed by atoms with Crippen molar-refractivity contribution in [3.63, 3.8) is 0 Å². The van der Waals surface area contributed by atoms with Crippen molar-refractivity contribution in [1.29, 1.82) is 0 Å². The molecular formula is C46H29NO2. The smallest absolute Gasteiger partial charge is 0.143 e. The summed E-state index contributed by atoms with van der Waals surface area (Å²) < 4.78 is 12.9. The molecule has 10 aromatic rings. The van der Waals surface area contributed by atoms with E-state index in [-0.39, 0.29) is 0 Å². The first kappa shape index (κ1) is 27.5. The summed E-state index contributed by atoms with van der Waals surface area (Å²) in [5, 5.41) is 6.88. The van der Waals surface area contributed by atoms with Crippen molar-refractivity contribution in [2.75, 3.05) is 4.90 Å². The molecule has 0 amide bonds. The zero-order valence-corrected chi connectivity index (χ0v) is 26.5. The van der Waals surface area contributed by atoms with E-state index in [1.807, 2.05) is 24.3 Å². The number of para-hydroxylation sites is 3. The van der Waals surface area contributed by atoms with Crippen LogP contribution in [0.25, 0.3) is 76.9 Å². The zero-order chi connectivity index (χ0) is 32.3. The Balaban J connectivity index is 1.21. The highest BCUT2D eigenvalue weighted by molar-refractivity contribution is 6.14. The maximum Gasteiger partial charge on any atom is 0.143 e. The van der Waals surface area contributed by atoms with E-state index in [1.165, 1.54) is 16.3 Å². The number of furan rings is 2. The third-order valence-electron chi connectivity index (χ3n) is 9.65. The van der Waals surface area contributed by atoms with Gasteiger partial charge in [-0.2, -0.15) is 0 Å². The molecule has 0 unspecified atom stereocenters. The Morgan fingerprint density at radius 1 is 0.367 bits per heavy atom. The Bertz CT molecular complexity index is 2850. The van der Waals surface area contributed by atoms with Gasteiger partial charge in [-0.1, -0.05) is 127 Å². The summed E-state index contributed by atoms with van der Waals surface area (Å²) >= 11 is 0. The lowest BCUT2D eigenvalue weighted by atomic mass is 9.97. The molecule has 0 spiro atoms. The molecule has 0 saturated heterocycles. The number of benzene rings is 8. The summed E-state index contributed by atoms with van der Waals surface area (Å²) in [6, 6.07) is 62.0. The second-order valence-electron chi connectivity index (χ2n) is 12.5. The van der Waals surface area contributed by atoms with E-state index in [1.54, 1.807) is 0 Å². The molecule has 2 heterocycles. The molecule has 0 radical (unpaired) electrons. The predicted molar refractivity (Wildman–Crippen MR) is 204 cm³/mol. The van der Waals surface area contributed by atoms with Gasteiger partial charge in [0.2, 0.25) is 0 Å². The van der Waals surface area contributed by atoms with Crippen LogP contribution in [0.3, 0.4) is 0 Å². The zero-order valence-electron chi connectivity index (χ0n) is 26.5. The predicted octanol–water partition coefficient (Wildman–Crippen LogP) is 13.4. The molecule has 10 rings (SSSR count). The van der Waals surface area contributed by atoms with Crippen molar-refractivity contribution in [1.82, 2.24) is 0 Å². The largest absolute Gasteiger partial charge is 0.456 e. The van der Waals surface area contributed by atoms with E-state index in [0.29, 0.717) is 0 Å². The highest BCUT2D eigenvalue weighted by Crippen LogP contribution is 2.45. The summed E-state index contributed by atoms with van der Waals surface area (Å²) in [6.07, 6.45) is 0. The highest BCUT2D eigenvalue weighted by Gasteiger charge is 2.21. The fourth-order valence-corrected chi connectivity index (χ4v) is 7.45. The molecule has 2 aromatic heterocycles. The van der Waals surface area contributed by atoms with E-state index >= 15 is 0 Å².